The summed E-state index contributed by atoms with van der Waals surface area (Å²) in [4.78, 5) is 21.4. The first-order valence-electron chi connectivity index (χ1n) is 11.4. The topological polar surface area (TPSA) is 98.5 Å². The van der Waals surface area contributed by atoms with Gasteiger partial charge in [0.1, 0.15) is 17.3 Å². The first-order valence-corrected chi connectivity index (χ1v) is 12.2. The Morgan fingerprint density at radius 1 is 1.18 bits per heavy atom. The number of amides is 1. The van der Waals surface area contributed by atoms with Gasteiger partial charge in [0.05, 0.1) is 20.3 Å². The molecule has 0 radical (unpaired) electrons. The summed E-state index contributed by atoms with van der Waals surface area (Å²) in [5.41, 5.74) is 1.02. The van der Waals surface area contributed by atoms with E-state index in [0.29, 0.717) is 25.4 Å². The van der Waals surface area contributed by atoms with Gasteiger partial charge in [0, 0.05) is 57.7 Å². The van der Waals surface area contributed by atoms with Gasteiger partial charge in [0.25, 0.3) is 0 Å². The van der Waals surface area contributed by atoms with E-state index in [1.807, 2.05) is 18.2 Å². The molecule has 0 bridgehead atoms. The Morgan fingerprint density at radius 3 is 2.71 bits per heavy atom. The number of hydrogen-bond acceptors (Lipinski definition) is 9. The molecule has 1 amide bonds. The predicted octanol–water partition coefficient (Wildman–Crippen LogP) is 2.73. The van der Waals surface area contributed by atoms with Gasteiger partial charge in [-0.1, -0.05) is 6.07 Å². The third-order valence-corrected chi connectivity index (χ3v) is 7.16. The third-order valence-electron chi connectivity index (χ3n) is 6.44. The van der Waals surface area contributed by atoms with E-state index in [4.69, 9.17) is 14.5 Å². The molecule has 0 N–H and O–H groups in total. The van der Waals surface area contributed by atoms with Gasteiger partial charge < -0.3 is 18.9 Å². The number of benzene rings is 1. The van der Waals surface area contributed by atoms with E-state index in [0.717, 1.165) is 58.9 Å². The summed E-state index contributed by atoms with van der Waals surface area (Å²) in [5.74, 6) is 4.48. The third kappa shape index (κ3) is 4.37. The molecule has 11 heteroatoms. The van der Waals surface area contributed by atoms with Gasteiger partial charge in [-0.2, -0.15) is 4.37 Å². The average Bonchev–Trinajstić information content (AvgIpc) is 3.41. The molecule has 3 aromatic rings. The number of rotatable bonds is 8. The molecule has 1 aromatic carbocycles. The van der Waals surface area contributed by atoms with E-state index >= 15 is 0 Å². The van der Waals surface area contributed by atoms with Crippen LogP contribution >= 0.6 is 11.5 Å². The zero-order chi connectivity index (χ0) is 23.8. The normalized spacial score (nSPS) is 17.9. The van der Waals surface area contributed by atoms with Crippen molar-refractivity contribution in [3.8, 4) is 22.3 Å². The van der Waals surface area contributed by atoms with Gasteiger partial charge in [-0.25, -0.2) is 4.98 Å². The minimum atomic E-state index is -0.215. The van der Waals surface area contributed by atoms with Crippen LogP contribution in [0.5, 0.6) is 11.5 Å². The standard InChI is InChI=1S/C23H29N7O3S/c1-28(2)19(31)12-17-21-25-26-22(23-24-20(27-34-23)14-5-6-14)30(21)10-9-29(17)13-15-7-8-16(32-3)11-18(15)33-4/h7-8,11,14,17H,5-6,9-10,12-13H2,1-4H3. The molecule has 2 aliphatic rings. The van der Waals surface area contributed by atoms with Gasteiger partial charge in [-0.15, -0.1) is 10.2 Å². The van der Waals surface area contributed by atoms with Crippen molar-refractivity contribution < 1.29 is 14.3 Å². The molecule has 1 fully saturated rings. The number of hydrogen-bond donors (Lipinski definition) is 0. The van der Waals surface area contributed by atoms with E-state index in [1.165, 1.54) is 11.5 Å². The van der Waals surface area contributed by atoms with Crippen LogP contribution in [-0.4, -0.2) is 74.7 Å². The summed E-state index contributed by atoms with van der Waals surface area (Å²) in [6.45, 7) is 2.07. The Kier molecular flexibility index (Phi) is 6.22. The lowest BCUT2D eigenvalue weighted by molar-refractivity contribution is -0.130. The van der Waals surface area contributed by atoms with Crippen LogP contribution < -0.4 is 9.47 Å². The summed E-state index contributed by atoms with van der Waals surface area (Å²) in [7, 11) is 6.85. The molecule has 34 heavy (non-hydrogen) atoms. The van der Waals surface area contributed by atoms with Crippen molar-refractivity contribution in [2.75, 3.05) is 34.9 Å². The van der Waals surface area contributed by atoms with E-state index in [1.54, 1.807) is 33.2 Å². The molecule has 3 heterocycles. The Balaban J connectivity index is 1.46. The second-order valence-electron chi connectivity index (χ2n) is 8.92. The Morgan fingerprint density at radius 2 is 2.00 bits per heavy atom. The minimum Gasteiger partial charge on any atom is -0.497 e. The molecule has 1 unspecified atom stereocenters. The van der Waals surface area contributed by atoms with Crippen LogP contribution in [0.15, 0.2) is 18.2 Å². The van der Waals surface area contributed by atoms with Crippen molar-refractivity contribution in [1.82, 2.24) is 33.9 Å². The zero-order valence-corrected chi connectivity index (χ0v) is 20.7. The molecule has 5 rings (SSSR count). The summed E-state index contributed by atoms with van der Waals surface area (Å²) in [5, 5.41) is 9.83. The zero-order valence-electron chi connectivity index (χ0n) is 19.9. The van der Waals surface area contributed by atoms with Crippen molar-refractivity contribution in [2.45, 2.75) is 44.3 Å². The van der Waals surface area contributed by atoms with Gasteiger partial charge in [0.2, 0.25) is 5.91 Å². The van der Waals surface area contributed by atoms with Gasteiger partial charge in [-0.3, -0.25) is 9.69 Å². The fourth-order valence-corrected chi connectivity index (χ4v) is 5.02. The lowest BCUT2D eigenvalue weighted by atomic mass is 10.1. The minimum absolute atomic E-state index is 0.0432. The maximum atomic E-state index is 12.8. The quantitative estimate of drug-likeness (QED) is 0.482. The van der Waals surface area contributed by atoms with Gasteiger partial charge in [0.15, 0.2) is 16.7 Å². The number of methoxy groups -OCH3 is 2. The fourth-order valence-electron chi connectivity index (χ4n) is 4.28. The highest BCUT2D eigenvalue weighted by Gasteiger charge is 2.35. The number of nitrogens with zero attached hydrogens (tertiary/aromatic N) is 7. The SMILES string of the molecule is COc1ccc(CN2CCn3c(-c4nc(C5CC5)ns4)nnc3C2CC(=O)N(C)C)c(OC)c1. The highest BCUT2D eigenvalue weighted by Crippen LogP contribution is 2.40. The molecule has 1 aliphatic heterocycles. The van der Waals surface area contributed by atoms with Crippen LogP contribution in [0.25, 0.3) is 10.8 Å². The van der Waals surface area contributed by atoms with Crippen LogP contribution in [-0.2, 0) is 17.9 Å². The van der Waals surface area contributed by atoms with E-state index in [9.17, 15) is 4.79 Å². The van der Waals surface area contributed by atoms with Crippen LogP contribution in [0.3, 0.4) is 0 Å². The molecule has 1 saturated carbocycles. The van der Waals surface area contributed by atoms with Crippen LogP contribution in [0.4, 0.5) is 0 Å². The molecule has 1 aliphatic carbocycles. The number of carbonyl (C=O) groups excluding carboxylic acids is 1. The molecular weight excluding hydrogens is 454 g/mol. The molecule has 0 saturated heterocycles. The van der Waals surface area contributed by atoms with E-state index in [2.05, 4.69) is 24.0 Å². The molecule has 2 aromatic heterocycles. The average molecular weight is 484 g/mol. The van der Waals surface area contributed by atoms with Gasteiger partial charge in [-0.05, 0) is 30.4 Å². The Bertz CT molecular complexity index is 1190. The van der Waals surface area contributed by atoms with Crippen molar-refractivity contribution in [3.63, 3.8) is 0 Å². The van der Waals surface area contributed by atoms with Crippen molar-refractivity contribution >= 4 is 17.4 Å². The molecular formula is C23H29N7O3S. The molecule has 10 nitrogen and oxygen atoms in total. The van der Waals surface area contributed by atoms with Crippen molar-refractivity contribution in [1.29, 1.82) is 0 Å². The Labute approximate surface area is 202 Å². The molecule has 180 valence electrons. The fraction of sp³-hybridized carbons (Fsp3) is 0.522. The second-order valence-corrected chi connectivity index (χ2v) is 9.67. The second kappa shape index (κ2) is 9.30. The Hall–Kier alpha value is -3.05. The van der Waals surface area contributed by atoms with Crippen molar-refractivity contribution in [3.05, 3.63) is 35.4 Å². The highest BCUT2D eigenvalue weighted by molar-refractivity contribution is 7.09. The number of aromatic nitrogens is 5. The smallest absolute Gasteiger partial charge is 0.224 e. The largest absolute Gasteiger partial charge is 0.497 e. The number of fused-ring (bicyclic) bond motifs is 1. The van der Waals surface area contributed by atoms with Crippen LogP contribution in [0, 0.1) is 0 Å². The number of ether oxygens (including phenoxy) is 2. The predicted molar refractivity (Wildman–Crippen MR) is 127 cm³/mol. The van der Waals surface area contributed by atoms with E-state index in [-0.39, 0.29) is 11.9 Å². The summed E-state index contributed by atoms with van der Waals surface area (Å²) < 4.78 is 17.6. The van der Waals surface area contributed by atoms with Crippen LogP contribution in [0.1, 0.15) is 48.4 Å². The number of carbonyl (C=O) groups is 1. The van der Waals surface area contributed by atoms with E-state index < -0.39 is 0 Å². The lowest BCUT2D eigenvalue weighted by Gasteiger charge is -2.36. The maximum absolute atomic E-state index is 12.8. The highest BCUT2D eigenvalue weighted by atomic mass is 32.1. The summed E-state index contributed by atoms with van der Waals surface area (Å²) in [6.07, 6.45) is 2.63. The molecule has 0 spiro atoms. The summed E-state index contributed by atoms with van der Waals surface area (Å²) >= 11 is 1.38. The lowest BCUT2D eigenvalue weighted by Crippen LogP contribution is -2.40. The monoisotopic (exact) mass is 483 g/mol. The van der Waals surface area contributed by atoms with Crippen molar-refractivity contribution in [2.24, 2.45) is 0 Å². The first-order chi connectivity index (χ1) is 16.5. The van der Waals surface area contributed by atoms with Gasteiger partial charge >= 0.3 is 0 Å². The van der Waals surface area contributed by atoms with Crippen LogP contribution in [0.2, 0.25) is 0 Å². The summed E-state index contributed by atoms with van der Waals surface area (Å²) in [6, 6.07) is 5.60. The molecule has 1 atom stereocenters. The maximum Gasteiger partial charge on any atom is 0.224 e. The first kappa shape index (κ1) is 22.7.